The summed E-state index contributed by atoms with van der Waals surface area (Å²) < 4.78 is 5.24. The van der Waals surface area contributed by atoms with Gasteiger partial charge in [-0.25, -0.2) is 4.79 Å². The van der Waals surface area contributed by atoms with E-state index >= 15 is 0 Å². The molecule has 0 unspecified atom stereocenters. The van der Waals surface area contributed by atoms with Crippen LogP contribution in [0.3, 0.4) is 0 Å². The van der Waals surface area contributed by atoms with E-state index < -0.39 is 5.97 Å². The Balaban J connectivity index is 2.30. The van der Waals surface area contributed by atoms with Crippen molar-refractivity contribution in [1.29, 1.82) is 0 Å². The minimum Gasteiger partial charge on any atom is -0.497 e. The number of carboxylic acids is 1. The molecule has 0 atom stereocenters. The maximum absolute atomic E-state index is 11.3. The second-order valence-corrected chi connectivity index (χ2v) is 5.23. The van der Waals surface area contributed by atoms with Crippen LogP contribution in [0.25, 0.3) is 21.9 Å². The molecule has 3 heteroatoms. The van der Waals surface area contributed by atoms with E-state index in [0.717, 1.165) is 16.5 Å². The van der Waals surface area contributed by atoms with E-state index in [4.69, 9.17) is 4.74 Å². The fourth-order valence-corrected chi connectivity index (χ4v) is 2.70. The van der Waals surface area contributed by atoms with Crippen molar-refractivity contribution in [2.45, 2.75) is 6.92 Å². The number of rotatable bonds is 3. The summed E-state index contributed by atoms with van der Waals surface area (Å²) in [5.41, 5.74) is 3.26. The van der Waals surface area contributed by atoms with Crippen LogP contribution in [-0.2, 0) is 0 Å². The van der Waals surface area contributed by atoms with Crippen molar-refractivity contribution in [3.63, 3.8) is 0 Å². The molecule has 3 nitrogen and oxygen atoms in total. The minimum atomic E-state index is -0.962. The zero-order chi connectivity index (χ0) is 15.7. The number of carboxylic acid groups (broad SMARTS) is 1. The third kappa shape index (κ3) is 2.42. The van der Waals surface area contributed by atoms with E-state index in [1.54, 1.807) is 6.07 Å². The number of ether oxygens (including phenoxy) is 1. The van der Waals surface area contributed by atoms with E-state index in [1.807, 2.05) is 24.3 Å². The fourth-order valence-electron chi connectivity index (χ4n) is 2.70. The molecule has 0 aromatic heterocycles. The molecule has 22 heavy (non-hydrogen) atoms. The number of hydrogen-bond acceptors (Lipinski definition) is 2. The van der Waals surface area contributed by atoms with Crippen molar-refractivity contribution in [3.05, 3.63) is 65.7 Å². The number of aromatic carboxylic acids is 1. The van der Waals surface area contributed by atoms with Gasteiger partial charge >= 0.3 is 5.97 Å². The first-order valence-electron chi connectivity index (χ1n) is 7.01. The molecule has 0 bridgehead atoms. The Kier molecular flexibility index (Phi) is 3.55. The predicted octanol–water partition coefficient (Wildman–Crippen LogP) is 4.52. The van der Waals surface area contributed by atoms with E-state index in [9.17, 15) is 9.90 Å². The van der Waals surface area contributed by atoms with Gasteiger partial charge in [0.15, 0.2) is 0 Å². The van der Waals surface area contributed by atoms with Crippen LogP contribution in [0.5, 0.6) is 5.75 Å². The average molecular weight is 292 g/mol. The highest BCUT2D eigenvalue weighted by atomic mass is 16.5. The Morgan fingerprint density at radius 2 is 1.73 bits per heavy atom. The molecule has 1 N–H and O–H groups in total. The molecule has 3 aromatic carbocycles. The van der Waals surface area contributed by atoms with E-state index in [2.05, 4.69) is 25.1 Å². The molecule has 0 aliphatic rings. The van der Waals surface area contributed by atoms with E-state index in [0.29, 0.717) is 5.75 Å². The standard InChI is InChI=1S/C19H16O3/c1-12-7-8-17(18-6-4-3-5-16(12)18)13-9-14(19(20)21)11-15(10-13)22-2/h3-11H,1-2H3,(H,20,21). The topological polar surface area (TPSA) is 46.5 Å². The molecule has 0 amide bonds. The van der Waals surface area contributed by atoms with Crippen molar-refractivity contribution in [1.82, 2.24) is 0 Å². The van der Waals surface area contributed by atoms with Crippen LogP contribution in [0.1, 0.15) is 15.9 Å². The maximum atomic E-state index is 11.3. The van der Waals surface area contributed by atoms with Gasteiger partial charge in [-0.3, -0.25) is 0 Å². The summed E-state index contributed by atoms with van der Waals surface area (Å²) in [5, 5.41) is 11.5. The van der Waals surface area contributed by atoms with Gasteiger partial charge in [0.2, 0.25) is 0 Å². The molecule has 3 aromatic rings. The number of carbonyl (C=O) groups is 1. The Labute approximate surface area is 128 Å². The zero-order valence-electron chi connectivity index (χ0n) is 12.5. The van der Waals surface area contributed by atoms with Crippen molar-refractivity contribution >= 4 is 16.7 Å². The van der Waals surface area contributed by atoms with E-state index in [1.165, 1.54) is 24.1 Å². The third-order valence-corrected chi connectivity index (χ3v) is 3.84. The highest BCUT2D eigenvalue weighted by Crippen LogP contribution is 2.33. The molecule has 0 aliphatic carbocycles. The number of methoxy groups -OCH3 is 1. The van der Waals surface area contributed by atoms with Gasteiger partial charge in [0, 0.05) is 0 Å². The van der Waals surface area contributed by atoms with Gasteiger partial charge in [-0.15, -0.1) is 0 Å². The molecule has 3 rings (SSSR count). The SMILES string of the molecule is COc1cc(C(=O)O)cc(-c2ccc(C)c3ccccc23)c1. The summed E-state index contributed by atoms with van der Waals surface area (Å²) in [5.74, 6) is -0.420. The lowest BCUT2D eigenvalue weighted by Crippen LogP contribution is -1.98. The molecule has 0 saturated heterocycles. The molecular formula is C19H16O3. The number of benzene rings is 3. The van der Waals surface area contributed by atoms with Gasteiger partial charge in [-0.05, 0) is 52.6 Å². The molecule has 110 valence electrons. The van der Waals surface area contributed by atoms with Crippen LogP contribution in [-0.4, -0.2) is 18.2 Å². The van der Waals surface area contributed by atoms with Gasteiger partial charge < -0.3 is 9.84 Å². The summed E-state index contributed by atoms with van der Waals surface area (Å²) in [6, 6.07) is 17.3. The van der Waals surface area contributed by atoms with Gasteiger partial charge in [-0.2, -0.15) is 0 Å². The quantitative estimate of drug-likeness (QED) is 0.772. The zero-order valence-corrected chi connectivity index (χ0v) is 12.5. The molecule has 0 fully saturated rings. The van der Waals surface area contributed by atoms with Gasteiger partial charge in [0.05, 0.1) is 12.7 Å². The smallest absolute Gasteiger partial charge is 0.335 e. The fraction of sp³-hybridized carbons (Fsp3) is 0.105. The summed E-state index contributed by atoms with van der Waals surface area (Å²) in [7, 11) is 1.54. The molecule has 0 spiro atoms. The van der Waals surface area contributed by atoms with Crippen molar-refractivity contribution in [3.8, 4) is 16.9 Å². The lowest BCUT2D eigenvalue weighted by molar-refractivity contribution is 0.0696. The number of hydrogen-bond donors (Lipinski definition) is 1. The Morgan fingerprint density at radius 1 is 1.00 bits per heavy atom. The second-order valence-electron chi connectivity index (χ2n) is 5.23. The molecule has 0 heterocycles. The molecule has 0 aliphatic heterocycles. The number of aryl methyl sites for hydroxylation is 1. The predicted molar refractivity (Wildman–Crippen MR) is 87.6 cm³/mol. The van der Waals surface area contributed by atoms with Gasteiger partial charge in [0.1, 0.15) is 5.75 Å². The second kappa shape index (κ2) is 5.53. The lowest BCUT2D eigenvalue weighted by Gasteiger charge is -2.11. The number of fused-ring (bicyclic) bond motifs is 1. The monoisotopic (exact) mass is 292 g/mol. The highest BCUT2D eigenvalue weighted by Gasteiger charge is 2.11. The van der Waals surface area contributed by atoms with Crippen LogP contribution in [0, 0.1) is 6.92 Å². The summed E-state index contributed by atoms with van der Waals surface area (Å²) in [6.45, 7) is 2.07. The van der Waals surface area contributed by atoms with Crippen LogP contribution in [0.4, 0.5) is 0 Å². The third-order valence-electron chi connectivity index (χ3n) is 3.84. The maximum Gasteiger partial charge on any atom is 0.335 e. The normalized spacial score (nSPS) is 10.6. The van der Waals surface area contributed by atoms with E-state index in [-0.39, 0.29) is 5.56 Å². The van der Waals surface area contributed by atoms with Crippen LogP contribution < -0.4 is 4.74 Å². The van der Waals surface area contributed by atoms with Crippen LogP contribution in [0.15, 0.2) is 54.6 Å². The van der Waals surface area contributed by atoms with Crippen LogP contribution >= 0.6 is 0 Å². The lowest BCUT2D eigenvalue weighted by atomic mass is 9.94. The summed E-state index contributed by atoms with van der Waals surface area (Å²) in [6.07, 6.45) is 0. The average Bonchev–Trinajstić information content (AvgIpc) is 2.55. The summed E-state index contributed by atoms with van der Waals surface area (Å²) in [4.78, 5) is 11.3. The Bertz CT molecular complexity index is 866. The summed E-state index contributed by atoms with van der Waals surface area (Å²) >= 11 is 0. The highest BCUT2D eigenvalue weighted by molar-refractivity contribution is 6.00. The van der Waals surface area contributed by atoms with Crippen LogP contribution in [0.2, 0.25) is 0 Å². The first kappa shape index (κ1) is 14.1. The first-order chi connectivity index (χ1) is 10.6. The van der Waals surface area contributed by atoms with Crippen molar-refractivity contribution in [2.75, 3.05) is 7.11 Å². The Hall–Kier alpha value is -2.81. The molecular weight excluding hydrogens is 276 g/mol. The van der Waals surface area contributed by atoms with Crippen molar-refractivity contribution in [2.24, 2.45) is 0 Å². The molecule has 0 saturated carbocycles. The molecule has 0 radical (unpaired) electrons. The minimum absolute atomic E-state index is 0.221. The van der Waals surface area contributed by atoms with Crippen molar-refractivity contribution < 1.29 is 14.6 Å². The van der Waals surface area contributed by atoms with Gasteiger partial charge in [0.25, 0.3) is 0 Å². The largest absolute Gasteiger partial charge is 0.497 e. The van der Waals surface area contributed by atoms with Gasteiger partial charge in [-0.1, -0.05) is 36.4 Å². The Morgan fingerprint density at radius 3 is 2.41 bits per heavy atom. The first-order valence-corrected chi connectivity index (χ1v) is 7.01.